The van der Waals surface area contributed by atoms with Crippen LogP contribution in [0, 0.1) is 0 Å². The van der Waals surface area contributed by atoms with Crippen LogP contribution >= 0.6 is 0 Å². The maximum Gasteiger partial charge on any atom is 0.220 e. The molecule has 1 atom stereocenters. The van der Waals surface area contributed by atoms with Crippen LogP contribution < -0.4 is 5.32 Å². The van der Waals surface area contributed by atoms with Crippen molar-refractivity contribution in [1.82, 2.24) is 5.32 Å². The molecule has 0 radical (unpaired) electrons. The van der Waals surface area contributed by atoms with Crippen LogP contribution in [0.25, 0.3) is 0 Å². The second kappa shape index (κ2) is 2.54. The molecule has 2 aliphatic heterocycles. The van der Waals surface area contributed by atoms with Gasteiger partial charge < -0.3 is 5.32 Å². The molecule has 2 aliphatic rings. The van der Waals surface area contributed by atoms with E-state index in [1.807, 2.05) is 6.92 Å². The van der Waals surface area contributed by atoms with Crippen molar-refractivity contribution in [3.05, 3.63) is 0 Å². The smallest absolute Gasteiger partial charge is 0.220 e. The molecule has 0 bridgehead atoms. The number of rotatable bonds is 2. The summed E-state index contributed by atoms with van der Waals surface area (Å²) in [5.41, 5.74) is -0.171. The first-order valence-corrected chi connectivity index (χ1v) is 4.41. The SMILES string of the molecule is CC1(CC2CCCC(=O)N2)N=N1. The van der Waals surface area contributed by atoms with Crippen molar-refractivity contribution in [2.45, 2.75) is 44.3 Å². The van der Waals surface area contributed by atoms with Gasteiger partial charge in [-0.25, -0.2) is 0 Å². The van der Waals surface area contributed by atoms with Crippen LogP contribution in [0.3, 0.4) is 0 Å². The highest BCUT2D eigenvalue weighted by atomic mass is 16.1. The van der Waals surface area contributed by atoms with Gasteiger partial charge in [0.05, 0.1) is 0 Å². The summed E-state index contributed by atoms with van der Waals surface area (Å²) in [4.78, 5) is 11.0. The summed E-state index contributed by atoms with van der Waals surface area (Å²) < 4.78 is 0. The fraction of sp³-hybridized carbons (Fsp3) is 0.875. The van der Waals surface area contributed by atoms with Crippen molar-refractivity contribution in [1.29, 1.82) is 0 Å². The lowest BCUT2D eigenvalue weighted by Gasteiger charge is -2.23. The highest BCUT2D eigenvalue weighted by molar-refractivity contribution is 5.76. The molecule has 66 valence electrons. The van der Waals surface area contributed by atoms with Crippen LogP contribution in [0.1, 0.15) is 32.6 Å². The van der Waals surface area contributed by atoms with Gasteiger partial charge in [0.25, 0.3) is 0 Å². The highest BCUT2D eigenvalue weighted by Crippen LogP contribution is 2.33. The molecule has 0 aromatic rings. The molecule has 1 amide bonds. The Kier molecular flexibility index (Phi) is 1.63. The third-order valence-electron chi connectivity index (χ3n) is 2.40. The monoisotopic (exact) mass is 167 g/mol. The summed E-state index contributed by atoms with van der Waals surface area (Å²) in [6.45, 7) is 1.99. The van der Waals surface area contributed by atoms with Gasteiger partial charge in [-0.1, -0.05) is 0 Å². The lowest BCUT2D eigenvalue weighted by molar-refractivity contribution is -0.123. The van der Waals surface area contributed by atoms with E-state index in [1.165, 1.54) is 0 Å². The second-order valence-electron chi connectivity index (χ2n) is 3.78. The zero-order chi connectivity index (χ0) is 8.60. The van der Waals surface area contributed by atoms with Gasteiger partial charge >= 0.3 is 0 Å². The van der Waals surface area contributed by atoms with Gasteiger partial charge in [0.1, 0.15) is 0 Å². The van der Waals surface area contributed by atoms with E-state index in [4.69, 9.17) is 0 Å². The summed E-state index contributed by atoms with van der Waals surface area (Å²) in [5, 5.41) is 10.8. The fourth-order valence-corrected chi connectivity index (χ4v) is 1.67. The van der Waals surface area contributed by atoms with Gasteiger partial charge in [0.2, 0.25) is 5.91 Å². The van der Waals surface area contributed by atoms with Crippen molar-refractivity contribution in [3.8, 4) is 0 Å². The molecule has 4 heteroatoms. The zero-order valence-corrected chi connectivity index (χ0v) is 7.21. The topological polar surface area (TPSA) is 53.8 Å². The molecule has 1 N–H and O–H groups in total. The summed E-state index contributed by atoms with van der Waals surface area (Å²) >= 11 is 0. The van der Waals surface area contributed by atoms with E-state index in [0.29, 0.717) is 12.5 Å². The molecule has 1 fully saturated rings. The predicted molar refractivity (Wildman–Crippen MR) is 43.7 cm³/mol. The van der Waals surface area contributed by atoms with E-state index in [2.05, 4.69) is 15.5 Å². The van der Waals surface area contributed by atoms with E-state index in [0.717, 1.165) is 19.3 Å². The molecule has 4 nitrogen and oxygen atoms in total. The molecule has 12 heavy (non-hydrogen) atoms. The first-order valence-electron chi connectivity index (χ1n) is 4.41. The maximum atomic E-state index is 11.0. The van der Waals surface area contributed by atoms with E-state index in [9.17, 15) is 4.79 Å². The highest BCUT2D eigenvalue weighted by Gasteiger charge is 2.37. The Morgan fingerprint density at radius 1 is 1.67 bits per heavy atom. The summed E-state index contributed by atoms with van der Waals surface area (Å²) in [5.74, 6) is 0.176. The van der Waals surface area contributed by atoms with Crippen LogP contribution in [0.4, 0.5) is 0 Å². The standard InChI is InChI=1S/C8H13N3O/c1-8(10-11-8)5-6-3-2-4-7(12)9-6/h6H,2-5H2,1H3,(H,9,12). The van der Waals surface area contributed by atoms with Gasteiger partial charge in [-0.15, -0.1) is 0 Å². The maximum absolute atomic E-state index is 11.0. The number of hydrogen-bond acceptors (Lipinski definition) is 3. The zero-order valence-electron chi connectivity index (χ0n) is 7.21. The van der Waals surface area contributed by atoms with Crippen molar-refractivity contribution in [3.63, 3.8) is 0 Å². The van der Waals surface area contributed by atoms with E-state index in [1.54, 1.807) is 0 Å². The Morgan fingerprint density at radius 2 is 2.42 bits per heavy atom. The molecule has 1 unspecified atom stereocenters. The van der Waals surface area contributed by atoms with Crippen molar-refractivity contribution < 1.29 is 4.79 Å². The molecule has 1 saturated heterocycles. The number of carbonyl (C=O) groups excluding carboxylic acids is 1. The molecule has 0 aromatic carbocycles. The Hall–Kier alpha value is -0.930. The molecular formula is C8H13N3O. The Balaban J connectivity index is 1.83. The predicted octanol–water partition coefficient (Wildman–Crippen LogP) is 1.23. The van der Waals surface area contributed by atoms with Gasteiger partial charge in [-0.3, -0.25) is 4.79 Å². The van der Waals surface area contributed by atoms with Gasteiger partial charge in [-0.2, -0.15) is 10.2 Å². The Bertz CT molecular complexity index is 230. The molecular weight excluding hydrogens is 154 g/mol. The third-order valence-corrected chi connectivity index (χ3v) is 2.40. The van der Waals surface area contributed by atoms with Gasteiger partial charge in [0.15, 0.2) is 5.66 Å². The first kappa shape index (κ1) is 7.71. The Morgan fingerprint density at radius 3 is 3.00 bits per heavy atom. The Labute approximate surface area is 71.4 Å². The molecule has 0 spiro atoms. The van der Waals surface area contributed by atoms with E-state index < -0.39 is 0 Å². The molecule has 0 aromatic heterocycles. The summed E-state index contributed by atoms with van der Waals surface area (Å²) in [7, 11) is 0. The van der Waals surface area contributed by atoms with Crippen molar-refractivity contribution in [2.75, 3.05) is 0 Å². The van der Waals surface area contributed by atoms with E-state index >= 15 is 0 Å². The van der Waals surface area contributed by atoms with Gasteiger partial charge in [0, 0.05) is 18.9 Å². The number of nitrogens with zero attached hydrogens (tertiary/aromatic N) is 2. The summed E-state index contributed by atoms with van der Waals surface area (Å²) in [6, 6.07) is 0.297. The number of carbonyl (C=O) groups is 1. The number of hydrogen-bond donors (Lipinski definition) is 1. The van der Waals surface area contributed by atoms with Crippen LogP contribution in [0.15, 0.2) is 10.2 Å². The van der Waals surface area contributed by atoms with Crippen molar-refractivity contribution >= 4 is 5.91 Å². The van der Waals surface area contributed by atoms with Crippen molar-refractivity contribution in [2.24, 2.45) is 10.2 Å². The molecule has 0 saturated carbocycles. The average Bonchev–Trinajstić information content (AvgIpc) is 2.67. The van der Waals surface area contributed by atoms with Crippen LogP contribution in [0.5, 0.6) is 0 Å². The largest absolute Gasteiger partial charge is 0.353 e. The number of nitrogens with one attached hydrogen (secondary N) is 1. The van der Waals surface area contributed by atoms with Crippen LogP contribution in [0.2, 0.25) is 0 Å². The van der Waals surface area contributed by atoms with Crippen LogP contribution in [-0.2, 0) is 4.79 Å². The normalized spacial score (nSPS) is 31.4. The minimum Gasteiger partial charge on any atom is -0.353 e. The third kappa shape index (κ3) is 1.62. The number of amides is 1. The second-order valence-corrected chi connectivity index (χ2v) is 3.78. The number of piperidine rings is 1. The fourth-order valence-electron chi connectivity index (χ4n) is 1.67. The minimum absolute atomic E-state index is 0.171. The lowest BCUT2D eigenvalue weighted by atomic mass is 9.97. The molecule has 0 aliphatic carbocycles. The van der Waals surface area contributed by atoms with Gasteiger partial charge in [-0.05, 0) is 19.8 Å². The summed E-state index contributed by atoms with van der Waals surface area (Å²) in [6.07, 6.45) is 3.64. The minimum atomic E-state index is -0.171. The molecule has 2 rings (SSSR count). The lowest BCUT2D eigenvalue weighted by Crippen LogP contribution is -2.40. The first-order chi connectivity index (χ1) is 5.68. The van der Waals surface area contributed by atoms with E-state index in [-0.39, 0.29) is 11.6 Å². The van der Waals surface area contributed by atoms with Crippen LogP contribution in [-0.4, -0.2) is 17.6 Å². The average molecular weight is 167 g/mol. The quantitative estimate of drug-likeness (QED) is 0.660. The molecule has 2 heterocycles.